The highest BCUT2D eigenvalue weighted by Crippen LogP contribution is 2.23. The number of benzene rings is 1. The molecule has 1 atom stereocenters. The van der Waals surface area contributed by atoms with Gasteiger partial charge < -0.3 is 20.1 Å². The summed E-state index contributed by atoms with van der Waals surface area (Å²) < 4.78 is 4.94. The first-order valence-corrected chi connectivity index (χ1v) is 9.60. The van der Waals surface area contributed by atoms with Gasteiger partial charge in [-0.2, -0.15) is 0 Å². The molecule has 1 unspecified atom stereocenters. The molecule has 150 valence electrons. The van der Waals surface area contributed by atoms with E-state index in [1.165, 1.54) is 11.6 Å². The van der Waals surface area contributed by atoms with Gasteiger partial charge >= 0.3 is 0 Å². The number of allylic oxidation sites excluding steroid dienone is 1. The predicted molar refractivity (Wildman–Crippen MR) is 105 cm³/mol. The van der Waals surface area contributed by atoms with Crippen LogP contribution in [0.1, 0.15) is 55.9 Å². The first-order chi connectivity index (χ1) is 13.9. The molecule has 1 aliphatic heterocycles. The molecule has 1 aromatic carbocycles. The zero-order valence-corrected chi connectivity index (χ0v) is 16.1. The van der Waals surface area contributed by atoms with Gasteiger partial charge in [0, 0.05) is 37.3 Å². The van der Waals surface area contributed by atoms with Crippen LogP contribution in [0.2, 0.25) is 0 Å². The molecule has 8 heteroatoms. The Morgan fingerprint density at radius 3 is 2.72 bits per heavy atom. The molecule has 29 heavy (non-hydrogen) atoms. The number of amides is 3. The largest absolute Gasteiger partial charge is 0.364 e. The van der Waals surface area contributed by atoms with Crippen LogP contribution in [0.5, 0.6) is 0 Å². The monoisotopic (exact) mass is 394 g/mol. The van der Waals surface area contributed by atoms with Crippen molar-refractivity contribution in [3.05, 3.63) is 58.5 Å². The molecular weight excluding hydrogens is 372 g/mol. The fraction of sp³-hybridized carbons (Fsp3) is 0.333. The zero-order valence-electron chi connectivity index (χ0n) is 16.1. The molecule has 2 N–H and O–H groups in total. The van der Waals surface area contributed by atoms with E-state index in [2.05, 4.69) is 17.3 Å². The quantitative estimate of drug-likeness (QED) is 0.852. The van der Waals surface area contributed by atoms with Crippen LogP contribution < -0.4 is 5.73 Å². The van der Waals surface area contributed by atoms with Crippen LogP contribution in [-0.2, 0) is 6.42 Å². The van der Waals surface area contributed by atoms with Crippen molar-refractivity contribution in [3.63, 3.8) is 0 Å². The number of piperazine rings is 1. The molecular formula is C21H22N4O4. The molecule has 2 aromatic rings. The molecule has 3 amide bonds. The Morgan fingerprint density at radius 2 is 2.00 bits per heavy atom. The third kappa shape index (κ3) is 3.65. The summed E-state index contributed by atoms with van der Waals surface area (Å²) in [4.78, 5) is 40.2. The van der Waals surface area contributed by atoms with Gasteiger partial charge in [0.05, 0.1) is 0 Å². The molecule has 0 saturated carbocycles. The van der Waals surface area contributed by atoms with Crippen molar-refractivity contribution in [2.75, 3.05) is 19.6 Å². The van der Waals surface area contributed by atoms with E-state index >= 15 is 0 Å². The number of aryl methyl sites for hydroxylation is 1. The van der Waals surface area contributed by atoms with E-state index < -0.39 is 5.91 Å². The maximum absolute atomic E-state index is 13.0. The first-order valence-electron chi connectivity index (χ1n) is 9.60. The third-order valence-electron chi connectivity index (χ3n) is 5.42. The lowest BCUT2D eigenvalue weighted by atomic mass is 9.95. The molecule has 0 bridgehead atoms. The van der Waals surface area contributed by atoms with Gasteiger partial charge in [0.25, 0.3) is 17.7 Å². The minimum Gasteiger partial charge on any atom is -0.364 e. The Balaban J connectivity index is 1.45. The van der Waals surface area contributed by atoms with Crippen molar-refractivity contribution < 1.29 is 18.9 Å². The third-order valence-corrected chi connectivity index (χ3v) is 5.42. The number of rotatable bonds is 3. The SMILES string of the molecule is CC1CN(C(=O)c2cc(C(N)=O)no2)CCN1C(=O)c1ccc2c(c1)C=CCC2. The fourth-order valence-corrected chi connectivity index (χ4v) is 3.82. The summed E-state index contributed by atoms with van der Waals surface area (Å²) in [7, 11) is 0. The number of primary amides is 1. The number of fused-ring (bicyclic) bond motifs is 1. The molecule has 4 rings (SSSR count). The van der Waals surface area contributed by atoms with Gasteiger partial charge in [0.1, 0.15) is 0 Å². The fourth-order valence-electron chi connectivity index (χ4n) is 3.82. The van der Waals surface area contributed by atoms with Crippen molar-refractivity contribution >= 4 is 23.8 Å². The smallest absolute Gasteiger partial charge is 0.292 e. The van der Waals surface area contributed by atoms with E-state index in [-0.39, 0.29) is 29.3 Å². The standard InChI is InChI=1S/C21H22N4O4/c1-13-12-24(21(28)18-11-17(19(22)26)23-29-18)8-9-25(13)20(27)16-7-6-14-4-2-3-5-15(14)10-16/h3,5-7,10-11,13H,2,4,8-9,12H2,1H3,(H2,22,26). The number of carbonyl (C=O) groups is 3. The van der Waals surface area contributed by atoms with Crippen LogP contribution in [0.4, 0.5) is 0 Å². The molecule has 2 heterocycles. The molecule has 2 aliphatic rings. The van der Waals surface area contributed by atoms with E-state index in [0.717, 1.165) is 18.4 Å². The Morgan fingerprint density at radius 1 is 1.17 bits per heavy atom. The van der Waals surface area contributed by atoms with Crippen LogP contribution in [0, 0.1) is 0 Å². The lowest BCUT2D eigenvalue weighted by Crippen LogP contribution is -2.55. The second kappa shape index (κ2) is 7.54. The van der Waals surface area contributed by atoms with E-state index in [9.17, 15) is 14.4 Å². The van der Waals surface area contributed by atoms with Crippen molar-refractivity contribution in [1.29, 1.82) is 0 Å². The summed E-state index contributed by atoms with van der Waals surface area (Å²) in [6.45, 7) is 3.05. The molecule has 0 radical (unpaired) electrons. The summed E-state index contributed by atoms with van der Waals surface area (Å²) in [5.74, 6) is -1.20. The van der Waals surface area contributed by atoms with Crippen LogP contribution in [0.25, 0.3) is 6.08 Å². The summed E-state index contributed by atoms with van der Waals surface area (Å²) in [6, 6.07) is 6.93. The summed E-state index contributed by atoms with van der Waals surface area (Å²) >= 11 is 0. The van der Waals surface area contributed by atoms with Gasteiger partial charge in [-0.25, -0.2) is 0 Å². The predicted octanol–water partition coefficient (Wildman–Crippen LogP) is 1.72. The molecule has 0 spiro atoms. The van der Waals surface area contributed by atoms with Gasteiger partial charge in [-0.3, -0.25) is 14.4 Å². The Bertz CT molecular complexity index is 1010. The number of carbonyl (C=O) groups excluding carboxylic acids is 3. The first kappa shape index (κ1) is 18.9. The average molecular weight is 394 g/mol. The Hall–Kier alpha value is -3.42. The van der Waals surface area contributed by atoms with Crippen molar-refractivity contribution in [2.24, 2.45) is 5.73 Å². The second-order valence-corrected chi connectivity index (χ2v) is 7.39. The number of nitrogens with two attached hydrogens (primary N) is 1. The summed E-state index contributed by atoms with van der Waals surface area (Å²) in [5.41, 5.74) is 8.07. The normalized spacial score (nSPS) is 18.4. The minimum atomic E-state index is -0.753. The highest BCUT2D eigenvalue weighted by molar-refractivity contribution is 5.97. The van der Waals surface area contributed by atoms with Crippen molar-refractivity contribution in [2.45, 2.75) is 25.8 Å². The van der Waals surface area contributed by atoms with Crippen LogP contribution in [-0.4, -0.2) is 58.4 Å². The second-order valence-electron chi connectivity index (χ2n) is 7.39. The maximum atomic E-state index is 13.0. The lowest BCUT2D eigenvalue weighted by molar-refractivity contribution is 0.0395. The highest BCUT2D eigenvalue weighted by atomic mass is 16.5. The summed E-state index contributed by atoms with van der Waals surface area (Å²) in [6.07, 6.45) is 6.21. The van der Waals surface area contributed by atoms with Gasteiger partial charge in [-0.05, 0) is 43.0 Å². The van der Waals surface area contributed by atoms with Crippen LogP contribution >= 0.6 is 0 Å². The Kier molecular flexibility index (Phi) is 4.92. The van der Waals surface area contributed by atoms with E-state index in [1.807, 2.05) is 25.1 Å². The van der Waals surface area contributed by atoms with Crippen molar-refractivity contribution in [1.82, 2.24) is 15.0 Å². The van der Waals surface area contributed by atoms with Gasteiger partial charge in [-0.15, -0.1) is 0 Å². The Labute approximate surface area is 167 Å². The number of aromatic nitrogens is 1. The molecule has 8 nitrogen and oxygen atoms in total. The molecule has 1 aliphatic carbocycles. The average Bonchev–Trinajstić information content (AvgIpc) is 3.23. The van der Waals surface area contributed by atoms with E-state index in [1.54, 1.807) is 9.80 Å². The van der Waals surface area contributed by atoms with Crippen molar-refractivity contribution in [3.8, 4) is 0 Å². The van der Waals surface area contributed by atoms with Gasteiger partial charge in [0.2, 0.25) is 5.76 Å². The van der Waals surface area contributed by atoms with Crippen LogP contribution in [0.15, 0.2) is 34.9 Å². The molecule has 1 fully saturated rings. The highest BCUT2D eigenvalue weighted by Gasteiger charge is 2.32. The zero-order chi connectivity index (χ0) is 20.5. The van der Waals surface area contributed by atoms with Gasteiger partial charge in [-0.1, -0.05) is 23.4 Å². The lowest BCUT2D eigenvalue weighted by Gasteiger charge is -2.39. The van der Waals surface area contributed by atoms with Gasteiger partial charge in [0.15, 0.2) is 5.69 Å². The maximum Gasteiger partial charge on any atom is 0.292 e. The van der Waals surface area contributed by atoms with E-state index in [0.29, 0.717) is 25.2 Å². The number of hydrogen-bond donors (Lipinski definition) is 1. The topological polar surface area (TPSA) is 110 Å². The number of hydrogen-bond acceptors (Lipinski definition) is 5. The number of nitrogens with zero attached hydrogens (tertiary/aromatic N) is 3. The molecule has 1 aromatic heterocycles. The molecule has 1 saturated heterocycles. The summed E-state index contributed by atoms with van der Waals surface area (Å²) in [5, 5.41) is 3.50. The van der Waals surface area contributed by atoms with E-state index in [4.69, 9.17) is 10.3 Å². The minimum absolute atomic E-state index is 0.0350. The van der Waals surface area contributed by atoms with Crippen LogP contribution in [0.3, 0.4) is 0 Å².